The summed E-state index contributed by atoms with van der Waals surface area (Å²) in [7, 11) is 3.91. The van der Waals surface area contributed by atoms with E-state index in [4.69, 9.17) is 0 Å². The summed E-state index contributed by atoms with van der Waals surface area (Å²) < 4.78 is 1.18. The first kappa shape index (κ1) is 16.9. The van der Waals surface area contributed by atoms with E-state index in [1.54, 1.807) is 11.3 Å². The Morgan fingerprint density at radius 3 is 2.84 bits per heavy atom. The highest BCUT2D eigenvalue weighted by atomic mass is 79.9. The molecule has 0 radical (unpaired) electrons. The molecule has 0 bridgehead atoms. The molecule has 0 aromatic carbocycles. The molecule has 0 atom stereocenters. The molecule has 0 saturated carbocycles. The summed E-state index contributed by atoms with van der Waals surface area (Å²) in [5.74, 6) is 2.20. The van der Waals surface area contributed by atoms with Crippen LogP contribution in [0.1, 0.15) is 17.7 Å². The van der Waals surface area contributed by atoms with Gasteiger partial charge >= 0.3 is 0 Å². The molecule has 108 valence electrons. The Morgan fingerprint density at radius 2 is 2.26 bits per heavy atom. The first-order valence-electron chi connectivity index (χ1n) is 6.32. The highest BCUT2D eigenvalue weighted by Crippen LogP contribution is 2.22. The van der Waals surface area contributed by atoms with Gasteiger partial charge in [0.15, 0.2) is 5.96 Å². The summed E-state index contributed by atoms with van der Waals surface area (Å²) in [6.45, 7) is 1.88. The molecule has 0 aliphatic rings. The number of rotatable bonds is 7. The first-order valence-corrected chi connectivity index (χ1v) is 9.32. The van der Waals surface area contributed by atoms with Gasteiger partial charge in [0.25, 0.3) is 0 Å². The smallest absolute Gasteiger partial charge is 0.193 e. The molecule has 0 fully saturated rings. The summed E-state index contributed by atoms with van der Waals surface area (Å²) in [6.07, 6.45) is 4.60. The second-order valence-electron chi connectivity index (χ2n) is 4.24. The molecule has 19 heavy (non-hydrogen) atoms. The number of guanidine groups is 1. The van der Waals surface area contributed by atoms with Crippen LogP contribution in [0.4, 0.5) is 0 Å². The second-order valence-corrected chi connectivity index (χ2v) is 7.77. The number of nitrogens with one attached hydrogen (secondary N) is 1. The number of nitrogens with zero attached hydrogens (tertiary/aromatic N) is 2. The molecule has 1 rings (SSSR count). The number of hydrogen-bond donors (Lipinski definition) is 1. The normalized spacial score (nSPS) is 11.7. The predicted octanol–water partition coefficient (Wildman–Crippen LogP) is 3.66. The van der Waals surface area contributed by atoms with E-state index >= 15 is 0 Å². The minimum atomic E-state index is 0.890. The van der Waals surface area contributed by atoms with Crippen LogP contribution in [0.5, 0.6) is 0 Å². The van der Waals surface area contributed by atoms with Crippen LogP contribution in [0.25, 0.3) is 0 Å². The number of unbranched alkanes of at least 4 members (excludes halogenated alkanes) is 1. The Kier molecular flexibility index (Phi) is 8.57. The fourth-order valence-electron chi connectivity index (χ4n) is 1.70. The van der Waals surface area contributed by atoms with Crippen molar-refractivity contribution in [3.8, 4) is 0 Å². The number of halogens is 1. The minimum absolute atomic E-state index is 0.890. The van der Waals surface area contributed by atoms with Crippen molar-refractivity contribution in [2.24, 2.45) is 4.99 Å². The molecular formula is C13H22BrN3S2. The van der Waals surface area contributed by atoms with E-state index in [0.717, 1.165) is 19.0 Å². The van der Waals surface area contributed by atoms with Gasteiger partial charge in [-0.2, -0.15) is 11.8 Å². The molecule has 0 amide bonds. The summed E-state index contributed by atoms with van der Waals surface area (Å²) in [4.78, 5) is 7.82. The fraction of sp³-hybridized carbons (Fsp3) is 0.615. The third-order valence-corrected chi connectivity index (χ3v) is 4.96. The molecular weight excluding hydrogens is 342 g/mol. The molecule has 0 unspecified atom stereocenters. The van der Waals surface area contributed by atoms with Crippen molar-refractivity contribution in [3.05, 3.63) is 20.8 Å². The quantitative estimate of drug-likeness (QED) is 0.455. The van der Waals surface area contributed by atoms with Crippen LogP contribution in [0, 0.1) is 0 Å². The molecule has 0 aliphatic carbocycles. The Bertz CT molecular complexity index is 393. The van der Waals surface area contributed by atoms with Gasteiger partial charge < -0.3 is 10.2 Å². The zero-order valence-electron chi connectivity index (χ0n) is 11.8. The van der Waals surface area contributed by atoms with Crippen LogP contribution in [-0.4, -0.2) is 43.5 Å². The molecule has 3 nitrogen and oxygen atoms in total. The summed E-state index contributed by atoms with van der Waals surface area (Å²) in [6, 6.07) is 4.24. The summed E-state index contributed by atoms with van der Waals surface area (Å²) in [5, 5.41) is 3.41. The van der Waals surface area contributed by atoms with E-state index in [9.17, 15) is 0 Å². The molecule has 0 aliphatic heterocycles. The van der Waals surface area contributed by atoms with Crippen molar-refractivity contribution in [1.82, 2.24) is 10.2 Å². The number of thiophene rings is 1. The minimum Gasteiger partial charge on any atom is -0.356 e. The van der Waals surface area contributed by atoms with Gasteiger partial charge in [-0.15, -0.1) is 11.3 Å². The van der Waals surface area contributed by atoms with Gasteiger partial charge in [0, 0.05) is 25.5 Å². The highest BCUT2D eigenvalue weighted by molar-refractivity contribution is 9.11. The van der Waals surface area contributed by atoms with Crippen LogP contribution in [0.2, 0.25) is 0 Å². The SMILES string of the molecule is CN=C(NCCCCSC)N(C)Cc1ccc(Br)s1. The Labute approximate surface area is 133 Å². The van der Waals surface area contributed by atoms with E-state index in [0.29, 0.717) is 0 Å². The average molecular weight is 364 g/mol. The van der Waals surface area contributed by atoms with Crippen LogP contribution >= 0.6 is 39.0 Å². The predicted molar refractivity (Wildman–Crippen MR) is 92.5 cm³/mol. The monoisotopic (exact) mass is 363 g/mol. The zero-order valence-corrected chi connectivity index (χ0v) is 15.0. The van der Waals surface area contributed by atoms with Crippen molar-refractivity contribution < 1.29 is 0 Å². The van der Waals surface area contributed by atoms with Gasteiger partial charge in [-0.05, 0) is 52.9 Å². The Hall–Kier alpha value is -0.200. The largest absolute Gasteiger partial charge is 0.356 e. The van der Waals surface area contributed by atoms with Crippen molar-refractivity contribution in [1.29, 1.82) is 0 Å². The number of hydrogen-bond acceptors (Lipinski definition) is 3. The van der Waals surface area contributed by atoms with E-state index in [1.807, 2.05) is 18.8 Å². The van der Waals surface area contributed by atoms with E-state index < -0.39 is 0 Å². The fourth-order valence-corrected chi connectivity index (χ4v) is 3.73. The Morgan fingerprint density at radius 1 is 1.47 bits per heavy atom. The maximum Gasteiger partial charge on any atom is 0.193 e. The molecule has 1 aromatic heterocycles. The lowest BCUT2D eigenvalue weighted by molar-refractivity contribution is 0.480. The van der Waals surface area contributed by atoms with E-state index in [2.05, 4.69) is 56.6 Å². The standard InChI is InChI=1S/C13H22BrN3S2/c1-15-13(16-8-4-5-9-18-3)17(2)10-11-6-7-12(14)19-11/h6-7H,4-5,8-10H2,1-3H3,(H,15,16). The first-order chi connectivity index (χ1) is 9.17. The second kappa shape index (κ2) is 9.66. The lowest BCUT2D eigenvalue weighted by atomic mass is 10.3. The molecule has 0 spiro atoms. The molecule has 1 N–H and O–H groups in total. The topological polar surface area (TPSA) is 27.6 Å². The van der Waals surface area contributed by atoms with Gasteiger partial charge in [0.2, 0.25) is 0 Å². The van der Waals surface area contributed by atoms with Crippen LogP contribution < -0.4 is 5.32 Å². The summed E-state index contributed by atoms with van der Waals surface area (Å²) in [5.41, 5.74) is 0. The van der Waals surface area contributed by atoms with Gasteiger partial charge in [0.05, 0.1) is 10.3 Å². The van der Waals surface area contributed by atoms with E-state index in [-0.39, 0.29) is 0 Å². The van der Waals surface area contributed by atoms with Crippen LogP contribution in [-0.2, 0) is 6.54 Å². The van der Waals surface area contributed by atoms with Crippen LogP contribution in [0.15, 0.2) is 20.9 Å². The number of aliphatic imine (C=N–C) groups is 1. The van der Waals surface area contributed by atoms with Gasteiger partial charge in [-0.3, -0.25) is 4.99 Å². The summed E-state index contributed by atoms with van der Waals surface area (Å²) >= 11 is 7.17. The van der Waals surface area contributed by atoms with Gasteiger partial charge in [0.1, 0.15) is 0 Å². The van der Waals surface area contributed by atoms with Crippen molar-refractivity contribution in [3.63, 3.8) is 0 Å². The van der Waals surface area contributed by atoms with Gasteiger partial charge in [-0.25, -0.2) is 0 Å². The molecule has 0 saturated heterocycles. The molecule has 6 heteroatoms. The zero-order chi connectivity index (χ0) is 14.1. The maximum absolute atomic E-state index is 4.33. The third-order valence-electron chi connectivity index (χ3n) is 2.65. The third kappa shape index (κ3) is 6.68. The lowest BCUT2D eigenvalue weighted by Gasteiger charge is -2.21. The van der Waals surface area contributed by atoms with Crippen molar-refractivity contribution >= 4 is 45.0 Å². The molecule has 1 heterocycles. The molecule has 1 aromatic rings. The maximum atomic E-state index is 4.33. The average Bonchev–Trinajstić information content (AvgIpc) is 2.79. The van der Waals surface area contributed by atoms with E-state index in [1.165, 1.54) is 27.3 Å². The lowest BCUT2D eigenvalue weighted by Crippen LogP contribution is -2.38. The van der Waals surface area contributed by atoms with Gasteiger partial charge in [-0.1, -0.05) is 0 Å². The number of thioether (sulfide) groups is 1. The Balaban J connectivity index is 2.33. The van der Waals surface area contributed by atoms with Crippen molar-refractivity contribution in [2.75, 3.05) is 32.6 Å². The van der Waals surface area contributed by atoms with Crippen molar-refractivity contribution in [2.45, 2.75) is 19.4 Å². The highest BCUT2D eigenvalue weighted by Gasteiger charge is 2.07. The van der Waals surface area contributed by atoms with Crippen LogP contribution in [0.3, 0.4) is 0 Å².